The molecule has 3 aliphatic rings. The first-order valence-corrected chi connectivity index (χ1v) is 15.3. The molecule has 1 heterocycles. The zero-order chi connectivity index (χ0) is 24.6. The quantitative estimate of drug-likeness (QED) is 0.257. The molecule has 2 aliphatic carbocycles. The van der Waals surface area contributed by atoms with Crippen LogP contribution < -0.4 is 0 Å². The maximum atomic E-state index is 2.71. The third-order valence-electron chi connectivity index (χ3n) is 9.93. The molecule has 0 N–H and O–H groups in total. The fraction of sp³-hybridized carbons (Fsp3) is 0.706. The van der Waals surface area contributed by atoms with Gasteiger partial charge in [-0.3, -0.25) is 0 Å². The molecule has 0 amide bonds. The molecule has 1 aromatic rings. The van der Waals surface area contributed by atoms with Crippen LogP contribution in [0.3, 0.4) is 0 Å². The van der Waals surface area contributed by atoms with E-state index < -0.39 is 0 Å². The third-order valence-corrected chi connectivity index (χ3v) is 9.93. The molecule has 194 valence electrons. The normalized spacial score (nSPS) is 24.0. The Labute approximate surface area is 217 Å². The second-order valence-electron chi connectivity index (χ2n) is 12.4. The Morgan fingerprint density at radius 3 is 2.34 bits per heavy atom. The lowest BCUT2D eigenvalue weighted by molar-refractivity contribution is 0.106. The van der Waals surface area contributed by atoms with Gasteiger partial charge in [-0.2, -0.15) is 0 Å². The molecule has 4 atom stereocenters. The van der Waals surface area contributed by atoms with Gasteiger partial charge in [-0.15, -0.1) is 0 Å². The third kappa shape index (κ3) is 7.05. The summed E-state index contributed by atoms with van der Waals surface area (Å²) < 4.78 is 0. The summed E-state index contributed by atoms with van der Waals surface area (Å²) >= 11 is 0. The van der Waals surface area contributed by atoms with Gasteiger partial charge >= 0.3 is 0 Å². The molecule has 4 unspecified atom stereocenters. The van der Waals surface area contributed by atoms with E-state index in [1.54, 1.807) is 16.8 Å². The molecule has 0 bridgehead atoms. The fourth-order valence-corrected chi connectivity index (χ4v) is 7.39. The van der Waals surface area contributed by atoms with Crippen LogP contribution in [0.4, 0.5) is 0 Å². The Bertz CT molecular complexity index is 808. The van der Waals surface area contributed by atoms with Crippen molar-refractivity contribution in [1.82, 2.24) is 4.90 Å². The van der Waals surface area contributed by atoms with Crippen molar-refractivity contribution in [3.8, 4) is 0 Å². The zero-order valence-electron chi connectivity index (χ0n) is 23.4. The van der Waals surface area contributed by atoms with Crippen LogP contribution >= 0.6 is 0 Å². The molecule has 1 aromatic carbocycles. The molecular formula is C34H53N. The average Bonchev–Trinajstić information content (AvgIpc) is 3.38. The van der Waals surface area contributed by atoms with E-state index in [0.717, 1.165) is 35.5 Å². The summed E-state index contributed by atoms with van der Waals surface area (Å²) in [4.78, 5) is 2.71. The van der Waals surface area contributed by atoms with Crippen LogP contribution in [0.2, 0.25) is 0 Å². The van der Waals surface area contributed by atoms with Gasteiger partial charge in [0.05, 0.1) is 0 Å². The van der Waals surface area contributed by atoms with Crippen molar-refractivity contribution in [3.63, 3.8) is 0 Å². The molecule has 0 spiro atoms. The van der Waals surface area contributed by atoms with Crippen molar-refractivity contribution in [1.29, 1.82) is 0 Å². The van der Waals surface area contributed by atoms with E-state index in [1.807, 2.05) is 0 Å². The summed E-state index contributed by atoms with van der Waals surface area (Å²) in [6.07, 6.45) is 21.7. The van der Waals surface area contributed by atoms with E-state index in [9.17, 15) is 0 Å². The smallest absolute Gasteiger partial charge is 0.0220 e. The van der Waals surface area contributed by atoms with Crippen molar-refractivity contribution < 1.29 is 0 Å². The molecule has 1 aliphatic heterocycles. The lowest BCUT2D eigenvalue weighted by Crippen LogP contribution is -2.48. The number of likely N-dealkylation sites (tertiary alicyclic amines) is 1. The molecule has 35 heavy (non-hydrogen) atoms. The van der Waals surface area contributed by atoms with E-state index in [4.69, 9.17) is 0 Å². The molecular weight excluding hydrogens is 422 g/mol. The van der Waals surface area contributed by atoms with Gasteiger partial charge in [0.15, 0.2) is 0 Å². The second kappa shape index (κ2) is 13.2. The first kappa shape index (κ1) is 26.6. The highest BCUT2D eigenvalue weighted by atomic mass is 15.2. The van der Waals surface area contributed by atoms with E-state index in [2.05, 4.69) is 75.1 Å². The standard InChI is InChI=1S/C34H53N/c1-5-27(4)32-22-26(3)20-21-34(32)35-24-29(25-35)16-12-13-17-30(6-2)33(23-28-14-10-11-15-28)31-18-8-7-9-19-31/h7-9,18-21,27-30,32-33H,5-6,10-17,22-25H2,1-4H3. The lowest BCUT2D eigenvalue weighted by Gasteiger charge is -2.47. The van der Waals surface area contributed by atoms with Crippen molar-refractivity contribution in [3.05, 3.63) is 59.3 Å². The van der Waals surface area contributed by atoms with Crippen molar-refractivity contribution in [2.75, 3.05) is 13.1 Å². The van der Waals surface area contributed by atoms with Gasteiger partial charge in [-0.1, -0.05) is 114 Å². The number of nitrogens with zero attached hydrogens (tertiary/aromatic N) is 1. The summed E-state index contributed by atoms with van der Waals surface area (Å²) in [7, 11) is 0. The van der Waals surface area contributed by atoms with Crippen LogP contribution in [-0.2, 0) is 0 Å². The summed E-state index contributed by atoms with van der Waals surface area (Å²) in [6.45, 7) is 12.2. The molecule has 0 radical (unpaired) electrons. The van der Waals surface area contributed by atoms with Crippen LogP contribution in [0.25, 0.3) is 0 Å². The predicted octanol–water partition coefficient (Wildman–Crippen LogP) is 9.77. The molecule has 0 aromatic heterocycles. The molecule has 2 fully saturated rings. The van der Waals surface area contributed by atoms with E-state index in [1.165, 1.54) is 90.1 Å². The first-order chi connectivity index (χ1) is 17.1. The predicted molar refractivity (Wildman–Crippen MR) is 152 cm³/mol. The number of hydrogen-bond donors (Lipinski definition) is 0. The van der Waals surface area contributed by atoms with Gasteiger partial charge in [0.1, 0.15) is 0 Å². The van der Waals surface area contributed by atoms with E-state index in [0.29, 0.717) is 0 Å². The molecule has 1 heteroatoms. The fourth-order valence-electron chi connectivity index (χ4n) is 7.39. The maximum Gasteiger partial charge on any atom is 0.0220 e. The number of benzene rings is 1. The summed E-state index contributed by atoms with van der Waals surface area (Å²) in [5.41, 5.74) is 4.81. The van der Waals surface area contributed by atoms with Crippen LogP contribution in [-0.4, -0.2) is 18.0 Å². The van der Waals surface area contributed by atoms with Crippen LogP contribution in [0.5, 0.6) is 0 Å². The van der Waals surface area contributed by atoms with Gasteiger partial charge in [0.2, 0.25) is 0 Å². The largest absolute Gasteiger partial charge is 0.374 e. The lowest BCUT2D eigenvalue weighted by atomic mass is 9.75. The number of allylic oxidation sites excluding steroid dienone is 4. The summed E-state index contributed by atoms with van der Waals surface area (Å²) in [5, 5.41) is 0. The number of unbranched alkanes of at least 4 members (excludes halogenated alkanes) is 1. The monoisotopic (exact) mass is 475 g/mol. The van der Waals surface area contributed by atoms with Gasteiger partial charge in [-0.25, -0.2) is 0 Å². The van der Waals surface area contributed by atoms with Crippen LogP contribution in [0, 0.1) is 29.6 Å². The van der Waals surface area contributed by atoms with Gasteiger partial charge in [-0.05, 0) is 73.8 Å². The molecule has 1 saturated heterocycles. The van der Waals surface area contributed by atoms with E-state index in [-0.39, 0.29) is 0 Å². The first-order valence-electron chi connectivity index (χ1n) is 15.3. The number of rotatable bonds is 13. The van der Waals surface area contributed by atoms with Gasteiger partial charge < -0.3 is 4.90 Å². The van der Waals surface area contributed by atoms with Crippen molar-refractivity contribution >= 4 is 0 Å². The highest BCUT2D eigenvalue weighted by Gasteiger charge is 2.34. The van der Waals surface area contributed by atoms with Gasteiger partial charge in [0, 0.05) is 24.7 Å². The Kier molecular flexibility index (Phi) is 9.99. The summed E-state index contributed by atoms with van der Waals surface area (Å²) in [5.74, 6) is 5.05. The Morgan fingerprint density at radius 2 is 1.66 bits per heavy atom. The van der Waals surface area contributed by atoms with Crippen molar-refractivity contribution in [2.24, 2.45) is 29.6 Å². The minimum absolute atomic E-state index is 0.742. The summed E-state index contributed by atoms with van der Waals surface area (Å²) in [6, 6.07) is 11.5. The second-order valence-corrected chi connectivity index (χ2v) is 12.4. The highest BCUT2D eigenvalue weighted by Crippen LogP contribution is 2.42. The van der Waals surface area contributed by atoms with E-state index >= 15 is 0 Å². The van der Waals surface area contributed by atoms with Gasteiger partial charge in [0.25, 0.3) is 0 Å². The Balaban J connectivity index is 1.23. The average molecular weight is 476 g/mol. The topological polar surface area (TPSA) is 3.24 Å². The molecule has 4 rings (SSSR count). The minimum Gasteiger partial charge on any atom is -0.374 e. The Hall–Kier alpha value is -1.50. The Morgan fingerprint density at radius 1 is 0.914 bits per heavy atom. The van der Waals surface area contributed by atoms with Crippen molar-refractivity contribution in [2.45, 2.75) is 111 Å². The number of hydrogen-bond acceptors (Lipinski definition) is 1. The molecule has 1 nitrogen and oxygen atoms in total. The highest BCUT2D eigenvalue weighted by molar-refractivity contribution is 5.27. The van der Waals surface area contributed by atoms with Crippen LogP contribution in [0.1, 0.15) is 116 Å². The minimum atomic E-state index is 0.742. The van der Waals surface area contributed by atoms with Crippen LogP contribution in [0.15, 0.2) is 53.8 Å². The maximum absolute atomic E-state index is 2.71. The SMILES string of the molecule is CCC(C)C1CC(C)=CC=C1N1CC(CCCCC(CC)C(CC2CCCC2)c2ccccc2)C1. The molecule has 1 saturated carbocycles. The zero-order valence-corrected chi connectivity index (χ0v) is 23.4.